The monoisotopic (exact) mass is 256 g/mol. The first-order valence-electron chi connectivity index (χ1n) is 6.24. The zero-order valence-corrected chi connectivity index (χ0v) is 12.7. The molecule has 0 radical (unpaired) electrons. The Bertz CT molecular complexity index is 479. The molecular weight excluding hydrogens is 232 g/mol. The highest BCUT2D eigenvalue weighted by molar-refractivity contribution is 5.83. The summed E-state index contributed by atoms with van der Waals surface area (Å²) in [5, 5.41) is 0. The lowest BCUT2D eigenvalue weighted by atomic mass is 10.1. The van der Waals surface area contributed by atoms with Gasteiger partial charge in [0.25, 0.3) is 0 Å². The fraction of sp³-hybridized carbons (Fsp3) is 0.294. The minimum Gasteiger partial charge on any atom is -0.256 e. The summed E-state index contributed by atoms with van der Waals surface area (Å²) < 4.78 is 0. The maximum absolute atomic E-state index is 4.58. The van der Waals surface area contributed by atoms with Crippen LogP contribution in [0.25, 0.3) is 0 Å². The van der Waals surface area contributed by atoms with Gasteiger partial charge in [-0.1, -0.05) is 38.0 Å². The Hall–Kier alpha value is -1.96. The number of aliphatic imine (C=N–C) groups is 2. The zero-order chi connectivity index (χ0) is 15.0. The lowest BCUT2D eigenvalue weighted by molar-refractivity contribution is 1.16. The average molecular weight is 256 g/mol. The van der Waals surface area contributed by atoms with Crippen LogP contribution in [0.5, 0.6) is 0 Å². The third kappa shape index (κ3) is 5.47. The molecule has 0 saturated heterocycles. The highest BCUT2D eigenvalue weighted by Crippen LogP contribution is 2.24. The molecule has 0 N–H and O–H groups in total. The summed E-state index contributed by atoms with van der Waals surface area (Å²) in [6.07, 6.45) is 5.27. The summed E-state index contributed by atoms with van der Waals surface area (Å²) in [5.74, 6) is 0. The topological polar surface area (TPSA) is 24.7 Å². The number of hydrogen-bond donors (Lipinski definition) is 0. The molecule has 0 heterocycles. The van der Waals surface area contributed by atoms with Gasteiger partial charge < -0.3 is 0 Å². The van der Waals surface area contributed by atoms with Crippen molar-refractivity contribution in [3.8, 4) is 0 Å². The molecule has 0 aliphatic heterocycles. The van der Waals surface area contributed by atoms with Crippen molar-refractivity contribution in [2.24, 2.45) is 9.98 Å². The minimum absolute atomic E-state index is 0.781. The van der Waals surface area contributed by atoms with E-state index in [-0.39, 0.29) is 0 Å². The van der Waals surface area contributed by atoms with Crippen LogP contribution >= 0.6 is 0 Å². The van der Waals surface area contributed by atoms with Gasteiger partial charge >= 0.3 is 0 Å². The fourth-order valence-electron chi connectivity index (χ4n) is 1.40. The molecule has 2 heteroatoms. The normalized spacial score (nSPS) is 10.8. The molecule has 0 saturated carbocycles. The summed E-state index contributed by atoms with van der Waals surface area (Å²) >= 11 is 0. The standard InChI is InChI=1S/C17H24N2/c1-9-14(8)16(18-12(4)5)17(19-13(6)7)15(10-2)11-3/h9-11H,1-3H2,4-8H3/b16-14-. The van der Waals surface area contributed by atoms with Gasteiger partial charge in [0.05, 0.1) is 11.4 Å². The molecule has 0 aromatic heterocycles. The summed E-state index contributed by atoms with van der Waals surface area (Å²) in [6, 6.07) is 0. The van der Waals surface area contributed by atoms with Crippen molar-refractivity contribution in [3.63, 3.8) is 0 Å². The van der Waals surface area contributed by atoms with E-state index >= 15 is 0 Å². The zero-order valence-electron chi connectivity index (χ0n) is 12.7. The SMILES string of the molecule is C=CC(C=C)=C(N=C(C)C)/C(N=C(C)C)=C(\C)C=C. The average Bonchev–Trinajstić information content (AvgIpc) is 2.34. The number of allylic oxidation sites excluding steroid dienone is 5. The molecule has 2 nitrogen and oxygen atoms in total. The highest BCUT2D eigenvalue weighted by atomic mass is 14.9. The van der Waals surface area contributed by atoms with Crippen LogP contribution in [0.3, 0.4) is 0 Å². The van der Waals surface area contributed by atoms with Crippen molar-refractivity contribution in [1.29, 1.82) is 0 Å². The maximum atomic E-state index is 4.58. The number of nitrogens with zero attached hydrogens (tertiary/aromatic N) is 2. The van der Waals surface area contributed by atoms with Gasteiger partial charge in [-0.25, -0.2) is 0 Å². The Morgan fingerprint density at radius 2 is 1.11 bits per heavy atom. The molecule has 0 spiro atoms. The quantitative estimate of drug-likeness (QED) is 0.470. The molecule has 0 aromatic rings. The van der Waals surface area contributed by atoms with Gasteiger partial charge in [0.15, 0.2) is 0 Å². The molecular formula is C17H24N2. The molecule has 0 aromatic carbocycles. The van der Waals surface area contributed by atoms with Crippen molar-refractivity contribution in [1.82, 2.24) is 0 Å². The van der Waals surface area contributed by atoms with E-state index in [9.17, 15) is 0 Å². The molecule has 102 valence electrons. The van der Waals surface area contributed by atoms with Crippen molar-refractivity contribution in [2.75, 3.05) is 0 Å². The molecule has 0 aliphatic carbocycles. The van der Waals surface area contributed by atoms with Gasteiger partial charge in [0.2, 0.25) is 0 Å². The summed E-state index contributed by atoms with van der Waals surface area (Å²) in [5.41, 5.74) is 5.35. The van der Waals surface area contributed by atoms with Crippen LogP contribution in [-0.2, 0) is 0 Å². The Morgan fingerprint density at radius 3 is 1.42 bits per heavy atom. The molecule has 0 fully saturated rings. The van der Waals surface area contributed by atoms with E-state index in [4.69, 9.17) is 0 Å². The Labute approximate surface area is 117 Å². The van der Waals surface area contributed by atoms with Crippen molar-refractivity contribution >= 4 is 11.4 Å². The smallest absolute Gasteiger partial charge is 0.0959 e. The predicted molar refractivity (Wildman–Crippen MR) is 87.9 cm³/mol. The number of hydrogen-bond acceptors (Lipinski definition) is 2. The Balaban J connectivity index is 6.40. The molecule has 0 atom stereocenters. The van der Waals surface area contributed by atoms with Crippen LogP contribution in [0.2, 0.25) is 0 Å². The first-order chi connectivity index (χ1) is 8.87. The van der Waals surface area contributed by atoms with E-state index < -0.39 is 0 Å². The van der Waals surface area contributed by atoms with E-state index in [1.54, 1.807) is 18.2 Å². The molecule has 0 rings (SSSR count). The number of rotatable bonds is 6. The first-order valence-corrected chi connectivity index (χ1v) is 6.24. The molecule has 0 unspecified atom stereocenters. The minimum atomic E-state index is 0.781. The second-order valence-electron chi connectivity index (χ2n) is 4.57. The van der Waals surface area contributed by atoms with Gasteiger partial charge in [-0.2, -0.15) is 0 Å². The van der Waals surface area contributed by atoms with Crippen molar-refractivity contribution < 1.29 is 0 Å². The van der Waals surface area contributed by atoms with Gasteiger partial charge in [-0.3, -0.25) is 9.98 Å². The van der Waals surface area contributed by atoms with Gasteiger partial charge in [-0.15, -0.1) is 0 Å². The third-order valence-electron chi connectivity index (χ3n) is 2.29. The van der Waals surface area contributed by atoms with Crippen LogP contribution in [0, 0.1) is 0 Å². The van der Waals surface area contributed by atoms with E-state index in [0.717, 1.165) is 34.0 Å². The van der Waals surface area contributed by atoms with Gasteiger partial charge in [0, 0.05) is 17.0 Å². The largest absolute Gasteiger partial charge is 0.256 e. The molecule has 19 heavy (non-hydrogen) atoms. The van der Waals surface area contributed by atoms with Crippen molar-refractivity contribution in [3.05, 3.63) is 60.5 Å². The van der Waals surface area contributed by atoms with Crippen LogP contribution in [0.15, 0.2) is 70.5 Å². The van der Waals surface area contributed by atoms with Gasteiger partial charge in [0.1, 0.15) is 0 Å². The summed E-state index contributed by atoms with van der Waals surface area (Å²) in [6.45, 7) is 21.2. The highest BCUT2D eigenvalue weighted by Gasteiger charge is 2.09. The first kappa shape index (κ1) is 17.0. The molecule has 0 aliphatic rings. The van der Waals surface area contributed by atoms with E-state index in [2.05, 4.69) is 29.7 Å². The van der Waals surface area contributed by atoms with E-state index in [1.807, 2.05) is 34.6 Å². The predicted octanol–water partition coefficient (Wildman–Crippen LogP) is 5.03. The lowest BCUT2D eigenvalue weighted by Crippen LogP contribution is -1.97. The fourth-order valence-corrected chi connectivity index (χ4v) is 1.40. The molecule has 0 amide bonds. The van der Waals surface area contributed by atoms with Crippen LogP contribution < -0.4 is 0 Å². The maximum Gasteiger partial charge on any atom is 0.0959 e. The van der Waals surface area contributed by atoms with Crippen LogP contribution in [-0.4, -0.2) is 11.4 Å². The lowest BCUT2D eigenvalue weighted by Gasteiger charge is -2.10. The molecule has 0 bridgehead atoms. The Kier molecular flexibility index (Phi) is 7.35. The van der Waals surface area contributed by atoms with Crippen molar-refractivity contribution in [2.45, 2.75) is 34.6 Å². The van der Waals surface area contributed by atoms with E-state index in [1.165, 1.54) is 0 Å². The summed E-state index contributed by atoms with van der Waals surface area (Å²) in [7, 11) is 0. The van der Waals surface area contributed by atoms with E-state index in [0.29, 0.717) is 0 Å². The third-order valence-corrected chi connectivity index (χ3v) is 2.29. The van der Waals surface area contributed by atoms with Crippen LogP contribution in [0.4, 0.5) is 0 Å². The second kappa shape index (κ2) is 8.20. The second-order valence-corrected chi connectivity index (χ2v) is 4.57. The van der Waals surface area contributed by atoms with Gasteiger partial charge in [-0.05, 0) is 40.2 Å². The Morgan fingerprint density at radius 1 is 0.684 bits per heavy atom. The summed E-state index contributed by atoms with van der Waals surface area (Å²) in [4.78, 5) is 9.16. The van der Waals surface area contributed by atoms with Crippen LogP contribution in [0.1, 0.15) is 34.6 Å².